The Morgan fingerprint density at radius 1 is 0.543 bits per heavy atom. The lowest BCUT2D eigenvalue weighted by atomic mass is 9.88. The quantitative estimate of drug-likeness (QED) is 0.218. The molecule has 0 aliphatic carbocycles. The first-order valence-electron chi connectivity index (χ1n) is 10.9. The standard InChI is InChI=1S/C30H28O5/c1-3-5-7-9-11-13-27(34)29(22-15-17-24(31)18-16-22)30(23-19-25(32)21-26(33)20-23)28(35)14-12-10-8-6-4-2/h3-21,31-33H,1-2H3. The summed E-state index contributed by atoms with van der Waals surface area (Å²) in [5.41, 5.74) is 0.602. The molecule has 0 saturated heterocycles. The molecule has 5 heteroatoms. The lowest BCUT2D eigenvalue weighted by molar-refractivity contribution is -0.111. The molecule has 3 N–H and O–H groups in total. The van der Waals surface area contributed by atoms with Gasteiger partial charge in [-0.25, -0.2) is 0 Å². The van der Waals surface area contributed by atoms with Gasteiger partial charge in [0.25, 0.3) is 0 Å². The van der Waals surface area contributed by atoms with Gasteiger partial charge in [-0.2, -0.15) is 0 Å². The molecule has 0 heterocycles. The van der Waals surface area contributed by atoms with Gasteiger partial charge in [-0.05, 0) is 61.4 Å². The van der Waals surface area contributed by atoms with Crippen LogP contribution >= 0.6 is 0 Å². The SMILES string of the molecule is CC=CC=CC=CC(=O)C(=C(C(=O)C=CC=CC=CC)c1cc(O)cc(O)c1)c1ccc(O)cc1. The molecule has 0 fully saturated rings. The van der Waals surface area contributed by atoms with E-state index in [-0.39, 0.29) is 34.0 Å². The molecule has 0 bridgehead atoms. The Morgan fingerprint density at radius 2 is 0.971 bits per heavy atom. The van der Waals surface area contributed by atoms with Crippen LogP contribution in [0.25, 0.3) is 11.1 Å². The summed E-state index contributed by atoms with van der Waals surface area (Å²) < 4.78 is 0. The molecule has 0 aliphatic rings. The van der Waals surface area contributed by atoms with Crippen LogP contribution in [-0.4, -0.2) is 26.9 Å². The van der Waals surface area contributed by atoms with E-state index in [1.165, 1.54) is 48.6 Å². The van der Waals surface area contributed by atoms with Crippen molar-refractivity contribution in [2.45, 2.75) is 13.8 Å². The van der Waals surface area contributed by atoms with E-state index in [1.54, 1.807) is 42.5 Å². The van der Waals surface area contributed by atoms with E-state index in [0.29, 0.717) is 5.56 Å². The van der Waals surface area contributed by atoms with Gasteiger partial charge in [0.15, 0.2) is 11.6 Å². The van der Waals surface area contributed by atoms with Crippen LogP contribution < -0.4 is 0 Å². The van der Waals surface area contributed by atoms with Gasteiger partial charge in [-0.1, -0.05) is 72.9 Å². The van der Waals surface area contributed by atoms with Crippen LogP contribution in [0.15, 0.2) is 115 Å². The number of benzene rings is 2. The minimum atomic E-state index is -0.505. The molecular weight excluding hydrogens is 440 g/mol. The number of carbonyl (C=O) groups excluding carboxylic acids is 2. The highest BCUT2D eigenvalue weighted by atomic mass is 16.3. The number of phenols is 3. The summed E-state index contributed by atoms with van der Waals surface area (Å²) in [5, 5.41) is 29.9. The summed E-state index contributed by atoms with van der Waals surface area (Å²) in [7, 11) is 0. The van der Waals surface area contributed by atoms with Crippen molar-refractivity contribution in [3.63, 3.8) is 0 Å². The smallest absolute Gasteiger partial charge is 0.187 e. The maximum atomic E-state index is 13.4. The summed E-state index contributed by atoms with van der Waals surface area (Å²) in [5.74, 6) is -1.49. The van der Waals surface area contributed by atoms with Crippen molar-refractivity contribution in [2.24, 2.45) is 0 Å². The highest BCUT2D eigenvalue weighted by molar-refractivity contribution is 6.44. The van der Waals surface area contributed by atoms with Crippen LogP contribution in [0.4, 0.5) is 0 Å². The molecule has 2 aromatic rings. The first-order valence-corrected chi connectivity index (χ1v) is 10.9. The molecule has 0 radical (unpaired) electrons. The number of aromatic hydroxyl groups is 3. The predicted molar refractivity (Wildman–Crippen MR) is 141 cm³/mol. The minimum Gasteiger partial charge on any atom is -0.508 e. The Bertz CT molecular complexity index is 1230. The second kappa shape index (κ2) is 13.8. The molecule has 5 nitrogen and oxygen atoms in total. The van der Waals surface area contributed by atoms with Crippen LogP contribution in [0.3, 0.4) is 0 Å². The van der Waals surface area contributed by atoms with E-state index in [1.807, 2.05) is 32.1 Å². The van der Waals surface area contributed by atoms with Crippen molar-refractivity contribution in [1.29, 1.82) is 0 Å². The second-order valence-electron chi connectivity index (χ2n) is 7.30. The first kappa shape index (κ1) is 26.6. The fourth-order valence-electron chi connectivity index (χ4n) is 3.12. The second-order valence-corrected chi connectivity index (χ2v) is 7.30. The zero-order valence-corrected chi connectivity index (χ0v) is 19.6. The predicted octanol–water partition coefficient (Wildman–Crippen LogP) is 6.23. The fourth-order valence-corrected chi connectivity index (χ4v) is 3.12. The van der Waals surface area contributed by atoms with Crippen molar-refractivity contribution >= 4 is 22.7 Å². The summed E-state index contributed by atoms with van der Waals surface area (Å²) in [6.07, 6.45) is 19.9. The minimum absolute atomic E-state index is 0.00210. The number of rotatable bonds is 10. The summed E-state index contributed by atoms with van der Waals surface area (Å²) in [6, 6.07) is 9.62. The Hall–Kier alpha value is -4.64. The molecule has 0 saturated carbocycles. The van der Waals surface area contributed by atoms with E-state index in [0.717, 1.165) is 6.07 Å². The summed E-state index contributed by atoms with van der Waals surface area (Å²) >= 11 is 0. The molecule has 2 aromatic carbocycles. The van der Waals surface area contributed by atoms with Crippen LogP contribution in [0.1, 0.15) is 25.0 Å². The molecule has 0 amide bonds. The Labute approximate surface area is 205 Å². The lowest BCUT2D eigenvalue weighted by Crippen LogP contribution is -2.08. The maximum absolute atomic E-state index is 13.4. The number of hydrogen-bond donors (Lipinski definition) is 3. The van der Waals surface area contributed by atoms with Crippen LogP contribution in [0.5, 0.6) is 17.2 Å². The van der Waals surface area contributed by atoms with Crippen molar-refractivity contribution < 1.29 is 24.9 Å². The largest absolute Gasteiger partial charge is 0.508 e. The zero-order chi connectivity index (χ0) is 25.6. The Kier molecular flexibility index (Phi) is 10.5. The lowest BCUT2D eigenvalue weighted by Gasteiger charge is -2.13. The van der Waals surface area contributed by atoms with E-state index in [9.17, 15) is 24.9 Å². The van der Waals surface area contributed by atoms with E-state index in [2.05, 4.69) is 0 Å². The molecule has 35 heavy (non-hydrogen) atoms. The van der Waals surface area contributed by atoms with Gasteiger partial charge >= 0.3 is 0 Å². The number of ketones is 2. The summed E-state index contributed by atoms with van der Waals surface area (Å²) in [6.45, 7) is 3.74. The fraction of sp³-hybridized carbons (Fsp3) is 0.0667. The van der Waals surface area contributed by atoms with Gasteiger partial charge in [0.2, 0.25) is 0 Å². The average Bonchev–Trinajstić information content (AvgIpc) is 2.82. The highest BCUT2D eigenvalue weighted by Crippen LogP contribution is 2.33. The van der Waals surface area contributed by atoms with Crippen molar-refractivity contribution in [1.82, 2.24) is 0 Å². The topological polar surface area (TPSA) is 94.8 Å². The van der Waals surface area contributed by atoms with Gasteiger partial charge in [0, 0.05) is 17.2 Å². The van der Waals surface area contributed by atoms with Gasteiger partial charge in [0.05, 0.1) is 0 Å². The molecule has 0 atom stereocenters. The van der Waals surface area contributed by atoms with E-state index in [4.69, 9.17) is 0 Å². The first-order chi connectivity index (χ1) is 16.9. The Morgan fingerprint density at radius 3 is 1.43 bits per heavy atom. The summed E-state index contributed by atoms with van der Waals surface area (Å²) in [4.78, 5) is 26.8. The maximum Gasteiger partial charge on any atom is 0.187 e. The van der Waals surface area contributed by atoms with Gasteiger partial charge < -0.3 is 15.3 Å². The van der Waals surface area contributed by atoms with Crippen LogP contribution in [-0.2, 0) is 9.59 Å². The Balaban J connectivity index is 2.78. The van der Waals surface area contributed by atoms with Gasteiger partial charge in [-0.15, -0.1) is 0 Å². The van der Waals surface area contributed by atoms with Crippen LogP contribution in [0, 0.1) is 0 Å². The average molecular weight is 469 g/mol. The monoisotopic (exact) mass is 468 g/mol. The third-order valence-corrected chi connectivity index (χ3v) is 4.64. The molecular formula is C30H28O5. The molecule has 2 rings (SSSR count). The molecule has 178 valence electrons. The molecule has 0 aliphatic heterocycles. The van der Waals surface area contributed by atoms with Gasteiger partial charge in [0.1, 0.15) is 17.2 Å². The zero-order valence-electron chi connectivity index (χ0n) is 19.6. The third-order valence-electron chi connectivity index (χ3n) is 4.64. The number of hydrogen-bond acceptors (Lipinski definition) is 5. The highest BCUT2D eigenvalue weighted by Gasteiger charge is 2.22. The van der Waals surface area contributed by atoms with E-state index < -0.39 is 11.6 Å². The molecule has 0 unspecified atom stereocenters. The number of carbonyl (C=O) groups is 2. The number of phenolic OH excluding ortho intramolecular Hbond substituents is 3. The number of allylic oxidation sites excluding steroid dienone is 14. The van der Waals surface area contributed by atoms with Crippen molar-refractivity contribution in [2.75, 3.05) is 0 Å². The van der Waals surface area contributed by atoms with Gasteiger partial charge in [-0.3, -0.25) is 9.59 Å². The third kappa shape index (κ3) is 8.33. The molecule has 0 spiro atoms. The molecule has 0 aromatic heterocycles. The van der Waals surface area contributed by atoms with E-state index >= 15 is 0 Å². The van der Waals surface area contributed by atoms with Crippen molar-refractivity contribution in [3.05, 3.63) is 127 Å². The normalized spacial score (nSPS) is 13.2. The van der Waals surface area contributed by atoms with Crippen molar-refractivity contribution in [3.8, 4) is 17.2 Å². The van der Waals surface area contributed by atoms with Crippen LogP contribution in [0.2, 0.25) is 0 Å².